The molecule has 2 rings (SSSR count). The third-order valence-electron chi connectivity index (χ3n) is 3.23. The molecular weight excluding hydrogens is 288 g/mol. The second-order valence-electron chi connectivity index (χ2n) is 4.33. The summed E-state index contributed by atoms with van der Waals surface area (Å²) in [5.41, 5.74) is 1.24. The third kappa shape index (κ3) is 2.66. The van der Waals surface area contributed by atoms with Gasteiger partial charge in [0.25, 0.3) is 0 Å². The Labute approximate surface area is 105 Å². The molecule has 88 valence electrons. The normalized spacial score (nSPS) is 25.4. The number of hydrogen-bond acceptors (Lipinski definition) is 2. The van der Waals surface area contributed by atoms with E-state index in [9.17, 15) is 8.42 Å². The largest absolute Gasteiger partial charge is 0.229 e. The van der Waals surface area contributed by atoms with Crippen molar-refractivity contribution in [3.8, 4) is 0 Å². The van der Waals surface area contributed by atoms with Crippen LogP contribution < -0.4 is 0 Å². The van der Waals surface area contributed by atoms with Crippen molar-refractivity contribution in [3.05, 3.63) is 35.9 Å². The molecule has 0 bridgehead atoms. The molecule has 1 saturated heterocycles. The second kappa shape index (κ2) is 4.88. The van der Waals surface area contributed by atoms with Crippen molar-refractivity contribution < 1.29 is 8.42 Å². The maximum Gasteiger partial charge on any atom is 0.150 e. The van der Waals surface area contributed by atoms with E-state index in [1.54, 1.807) is 0 Å². The van der Waals surface area contributed by atoms with Crippen molar-refractivity contribution in [2.75, 3.05) is 16.8 Å². The molecule has 0 N–H and O–H groups in total. The first-order valence-corrected chi connectivity index (χ1v) is 8.38. The van der Waals surface area contributed by atoms with Gasteiger partial charge in [-0.1, -0.05) is 46.3 Å². The monoisotopic (exact) mass is 302 g/mol. The molecule has 1 aliphatic rings. The highest BCUT2D eigenvalue weighted by atomic mass is 79.9. The molecular formula is C12H15BrO2S. The van der Waals surface area contributed by atoms with Gasteiger partial charge in [-0.2, -0.15) is 0 Å². The fourth-order valence-corrected chi connectivity index (χ4v) is 5.11. The van der Waals surface area contributed by atoms with Gasteiger partial charge in [-0.15, -0.1) is 0 Å². The minimum absolute atomic E-state index is 0.270. The summed E-state index contributed by atoms with van der Waals surface area (Å²) in [4.78, 5) is 0. The topological polar surface area (TPSA) is 34.1 Å². The molecule has 1 aromatic rings. The molecule has 0 radical (unpaired) electrons. The molecule has 2 unspecified atom stereocenters. The standard InChI is InChI=1S/C12H15BrO2S/c13-8-12(10-4-2-1-3-5-10)11-6-7-16(14,15)9-11/h1-5,11-12H,6-9H2. The smallest absolute Gasteiger partial charge is 0.150 e. The van der Waals surface area contributed by atoms with Gasteiger partial charge in [-0.3, -0.25) is 0 Å². The van der Waals surface area contributed by atoms with Crippen LogP contribution in [0.5, 0.6) is 0 Å². The second-order valence-corrected chi connectivity index (χ2v) is 7.21. The van der Waals surface area contributed by atoms with Crippen LogP contribution in [0.4, 0.5) is 0 Å². The first-order valence-electron chi connectivity index (χ1n) is 5.44. The highest BCUT2D eigenvalue weighted by Crippen LogP contribution is 2.34. The lowest BCUT2D eigenvalue weighted by atomic mass is 9.87. The van der Waals surface area contributed by atoms with Crippen molar-refractivity contribution in [2.45, 2.75) is 12.3 Å². The lowest BCUT2D eigenvalue weighted by molar-refractivity contribution is 0.505. The highest BCUT2D eigenvalue weighted by Gasteiger charge is 2.33. The Morgan fingerprint density at radius 1 is 1.31 bits per heavy atom. The number of sulfone groups is 1. The fourth-order valence-electron chi connectivity index (χ4n) is 2.33. The Hall–Kier alpha value is -0.350. The van der Waals surface area contributed by atoms with E-state index in [1.807, 2.05) is 18.2 Å². The Balaban J connectivity index is 2.19. The summed E-state index contributed by atoms with van der Waals surface area (Å²) < 4.78 is 23.0. The molecule has 0 amide bonds. The van der Waals surface area contributed by atoms with Crippen LogP contribution in [0.25, 0.3) is 0 Å². The molecule has 2 nitrogen and oxygen atoms in total. The van der Waals surface area contributed by atoms with Gasteiger partial charge in [-0.05, 0) is 23.8 Å². The summed E-state index contributed by atoms with van der Waals surface area (Å²) in [6.45, 7) is 0. The SMILES string of the molecule is O=S1(=O)CCC(C(CBr)c2ccccc2)C1. The minimum Gasteiger partial charge on any atom is -0.229 e. The molecule has 1 fully saturated rings. The van der Waals surface area contributed by atoms with Crippen LogP contribution in [0.1, 0.15) is 17.9 Å². The molecule has 0 aromatic heterocycles. The Bertz CT molecular complexity index is 441. The predicted molar refractivity (Wildman–Crippen MR) is 69.7 cm³/mol. The molecule has 0 spiro atoms. The summed E-state index contributed by atoms with van der Waals surface area (Å²) in [7, 11) is -2.78. The van der Waals surface area contributed by atoms with E-state index in [1.165, 1.54) is 5.56 Å². The zero-order valence-corrected chi connectivity index (χ0v) is 11.4. The van der Waals surface area contributed by atoms with E-state index in [0.717, 1.165) is 11.8 Å². The third-order valence-corrected chi connectivity index (χ3v) is 5.72. The highest BCUT2D eigenvalue weighted by molar-refractivity contribution is 9.09. The first-order chi connectivity index (χ1) is 7.62. The lowest BCUT2D eigenvalue weighted by Crippen LogP contribution is -2.15. The van der Waals surface area contributed by atoms with Crippen LogP contribution in [-0.2, 0) is 9.84 Å². The maximum atomic E-state index is 11.5. The summed E-state index contributed by atoms with van der Waals surface area (Å²) in [6, 6.07) is 10.2. The van der Waals surface area contributed by atoms with E-state index in [-0.39, 0.29) is 5.92 Å². The van der Waals surface area contributed by atoms with Gasteiger partial charge >= 0.3 is 0 Å². The number of rotatable bonds is 3. The molecule has 0 saturated carbocycles. The van der Waals surface area contributed by atoms with Crippen LogP contribution >= 0.6 is 15.9 Å². The molecule has 2 atom stereocenters. The van der Waals surface area contributed by atoms with Crippen molar-refractivity contribution in [3.63, 3.8) is 0 Å². The van der Waals surface area contributed by atoms with E-state index in [4.69, 9.17) is 0 Å². The van der Waals surface area contributed by atoms with Gasteiger partial charge in [-0.25, -0.2) is 8.42 Å². The van der Waals surface area contributed by atoms with Gasteiger partial charge in [0.15, 0.2) is 9.84 Å². The lowest BCUT2D eigenvalue weighted by Gasteiger charge is -2.20. The Morgan fingerprint density at radius 3 is 2.50 bits per heavy atom. The van der Waals surface area contributed by atoms with Gasteiger partial charge in [0.2, 0.25) is 0 Å². The molecule has 1 aromatic carbocycles. The quantitative estimate of drug-likeness (QED) is 0.804. The van der Waals surface area contributed by atoms with Crippen molar-refractivity contribution in [1.82, 2.24) is 0 Å². The van der Waals surface area contributed by atoms with Crippen LogP contribution in [0.3, 0.4) is 0 Å². The van der Waals surface area contributed by atoms with E-state index < -0.39 is 9.84 Å². The minimum atomic E-state index is -2.78. The van der Waals surface area contributed by atoms with Crippen LogP contribution in [0, 0.1) is 5.92 Å². The van der Waals surface area contributed by atoms with Crippen molar-refractivity contribution in [2.24, 2.45) is 5.92 Å². The van der Waals surface area contributed by atoms with Gasteiger partial charge in [0, 0.05) is 5.33 Å². The number of alkyl halides is 1. The molecule has 16 heavy (non-hydrogen) atoms. The average Bonchev–Trinajstić information content (AvgIpc) is 2.62. The molecule has 1 aliphatic heterocycles. The predicted octanol–water partition coefficient (Wildman–Crippen LogP) is 2.60. The maximum absolute atomic E-state index is 11.5. The zero-order chi connectivity index (χ0) is 11.6. The van der Waals surface area contributed by atoms with E-state index >= 15 is 0 Å². The van der Waals surface area contributed by atoms with Gasteiger partial charge < -0.3 is 0 Å². The Kier molecular flexibility index (Phi) is 3.70. The number of benzene rings is 1. The molecule has 0 aliphatic carbocycles. The van der Waals surface area contributed by atoms with Crippen molar-refractivity contribution >= 4 is 25.8 Å². The Morgan fingerprint density at radius 2 is 2.00 bits per heavy atom. The summed E-state index contributed by atoms with van der Waals surface area (Å²) >= 11 is 3.51. The first kappa shape index (κ1) is 12.1. The van der Waals surface area contributed by atoms with Gasteiger partial charge in [0.05, 0.1) is 11.5 Å². The van der Waals surface area contributed by atoms with Crippen LogP contribution in [0.15, 0.2) is 30.3 Å². The number of halogens is 1. The molecule has 1 heterocycles. The fraction of sp³-hybridized carbons (Fsp3) is 0.500. The zero-order valence-electron chi connectivity index (χ0n) is 8.97. The summed E-state index contributed by atoms with van der Waals surface area (Å²) in [5.74, 6) is 1.29. The summed E-state index contributed by atoms with van der Waals surface area (Å²) in [6.07, 6.45) is 0.799. The van der Waals surface area contributed by atoms with Crippen LogP contribution in [0.2, 0.25) is 0 Å². The average molecular weight is 303 g/mol. The number of hydrogen-bond donors (Lipinski definition) is 0. The van der Waals surface area contributed by atoms with E-state index in [2.05, 4.69) is 28.1 Å². The molecule has 4 heteroatoms. The van der Waals surface area contributed by atoms with Gasteiger partial charge in [0.1, 0.15) is 0 Å². The van der Waals surface area contributed by atoms with Crippen LogP contribution in [-0.4, -0.2) is 25.3 Å². The van der Waals surface area contributed by atoms with E-state index in [0.29, 0.717) is 17.4 Å². The van der Waals surface area contributed by atoms with Crippen molar-refractivity contribution in [1.29, 1.82) is 0 Å². The summed E-state index contributed by atoms with van der Waals surface area (Å²) in [5, 5.41) is 0.831.